The predicted octanol–water partition coefficient (Wildman–Crippen LogP) is 0.547. The lowest BCUT2D eigenvalue weighted by Crippen LogP contribution is -2.59. The molecule has 2 rings (SSSR count). The molecular weight excluding hydrogens is 252 g/mol. The summed E-state index contributed by atoms with van der Waals surface area (Å²) in [6.45, 7) is 1.73. The zero-order valence-electron chi connectivity index (χ0n) is 11.2. The second-order valence-electron chi connectivity index (χ2n) is 4.87. The molecule has 0 radical (unpaired) electrons. The van der Waals surface area contributed by atoms with Gasteiger partial charge in [0.15, 0.2) is 0 Å². The second-order valence-corrected chi connectivity index (χ2v) is 4.87. The molecular formula is C12H21ClN4O. The van der Waals surface area contributed by atoms with Crippen LogP contribution in [0.5, 0.6) is 0 Å². The molecule has 5 nitrogen and oxygen atoms in total. The van der Waals surface area contributed by atoms with Gasteiger partial charge in [0.25, 0.3) is 0 Å². The number of likely N-dealkylation sites (tertiary alicyclic amines) is 1. The fourth-order valence-electron chi connectivity index (χ4n) is 2.00. The van der Waals surface area contributed by atoms with Crippen molar-refractivity contribution in [2.24, 2.45) is 7.05 Å². The highest BCUT2D eigenvalue weighted by molar-refractivity contribution is 5.85. The van der Waals surface area contributed by atoms with E-state index < -0.39 is 0 Å². The van der Waals surface area contributed by atoms with Gasteiger partial charge in [-0.1, -0.05) is 0 Å². The second kappa shape index (κ2) is 6.20. The molecule has 1 aliphatic rings. The number of likely N-dealkylation sites (N-methyl/N-ethyl adjacent to an activating group) is 1. The first-order valence-electron chi connectivity index (χ1n) is 5.98. The first-order valence-corrected chi connectivity index (χ1v) is 5.98. The van der Waals surface area contributed by atoms with E-state index in [1.165, 1.54) is 0 Å². The van der Waals surface area contributed by atoms with Crippen LogP contribution in [-0.2, 0) is 18.3 Å². The van der Waals surface area contributed by atoms with Gasteiger partial charge in [0.05, 0.1) is 0 Å². The molecule has 6 heteroatoms. The zero-order valence-corrected chi connectivity index (χ0v) is 12.0. The third-order valence-electron chi connectivity index (χ3n) is 3.43. The number of aromatic nitrogens is 2. The minimum atomic E-state index is 0. The molecule has 0 spiro atoms. The number of imidazole rings is 1. The maximum Gasteiger partial charge on any atom is 0.223 e. The summed E-state index contributed by atoms with van der Waals surface area (Å²) in [5, 5.41) is 0. The molecule has 0 bridgehead atoms. The number of hydrogen-bond acceptors (Lipinski definition) is 3. The lowest BCUT2D eigenvalue weighted by molar-refractivity contribution is -0.137. The number of nitrogens with zero attached hydrogens (tertiary/aromatic N) is 4. The molecule has 1 aromatic rings. The lowest BCUT2D eigenvalue weighted by atomic mass is 10.1. The minimum absolute atomic E-state index is 0. The van der Waals surface area contributed by atoms with Crippen LogP contribution in [0.15, 0.2) is 12.4 Å². The van der Waals surface area contributed by atoms with Gasteiger partial charge in [-0.25, -0.2) is 4.98 Å². The van der Waals surface area contributed by atoms with E-state index in [2.05, 4.69) is 24.0 Å². The number of amides is 1. The summed E-state index contributed by atoms with van der Waals surface area (Å²) >= 11 is 0. The van der Waals surface area contributed by atoms with Gasteiger partial charge in [-0.15, -0.1) is 12.4 Å². The summed E-state index contributed by atoms with van der Waals surface area (Å²) in [6, 6.07) is 0.534. The Morgan fingerprint density at radius 2 is 2.17 bits per heavy atom. The van der Waals surface area contributed by atoms with Crippen molar-refractivity contribution in [3.05, 3.63) is 18.2 Å². The van der Waals surface area contributed by atoms with Crippen molar-refractivity contribution in [2.75, 3.05) is 27.2 Å². The molecule has 0 saturated carbocycles. The fraction of sp³-hybridized carbons (Fsp3) is 0.667. The highest BCUT2D eigenvalue weighted by Crippen LogP contribution is 2.14. The van der Waals surface area contributed by atoms with Gasteiger partial charge < -0.3 is 14.4 Å². The average Bonchev–Trinajstić information content (AvgIpc) is 2.58. The summed E-state index contributed by atoms with van der Waals surface area (Å²) in [5.74, 6) is 1.22. The van der Waals surface area contributed by atoms with Gasteiger partial charge >= 0.3 is 0 Å². The van der Waals surface area contributed by atoms with Crippen LogP contribution in [0.3, 0.4) is 0 Å². The van der Waals surface area contributed by atoms with Crippen molar-refractivity contribution in [3.8, 4) is 0 Å². The Bertz CT molecular complexity index is 399. The quantitative estimate of drug-likeness (QED) is 0.804. The number of rotatable bonds is 4. The molecule has 0 aromatic carbocycles. The number of halogens is 1. The third kappa shape index (κ3) is 3.23. The predicted molar refractivity (Wildman–Crippen MR) is 72.8 cm³/mol. The molecule has 0 aliphatic carbocycles. The van der Waals surface area contributed by atoms with Crippen molar-refractivity contribution in [2.45, 2.75) is 18.9 Å². The van der Waals surface area contributed by atoms with Crippen molar-refractivity contribution in [3.63, 3.8) is 0 Å². The zero-order chi connectivity index (χ0) is 12.4. The maximum atomic E-state index is 11.9. The largest absolute Gasteiger partial charge is 0.339 e. The van der Waals surface area contributed by atoms with E-state index in [0.717, 1.165) is 25.3 Å². The van der Waals surface area contributed by atoms with Crippen LogP contribution in [0.1, 0.15) is 12.2 Å². The Morgan fingerprint density at radius 3 is 2.67 bits per heavy atom. The van der Waals surface area contributed by atoms with Gasteiger partial charge in [-0.2, -0.15) is 0 Å². The summed E-state index contributed by atoms with van der Waals surface area (Å²) in [6.07, 6.45) is 4.97. The van der Waals surface area contributed by atoms with Crippen LogP contribution in [0.2, 0.25) is 0 Å². The molecule has 1 aliphatic heterocycles. The van der Waals surface area contributed by atoms with E-state index in [1.807, 2.05) is 22.7 Å². The molecule has 0 atom stereocenters. The highest BCUT2D eigenvalue weighted by Gasteiger charge is 2.31. The maximum absolute atomic E-state index is 11.9. The number of carbonyl (C=O) groups excluding carboxylic acids is 1. The van der Waals surface area contributed by atoms with Gasteiger partial charge in [-0.05, 0) is 14.1 Å². The molecule has 0 unspecified atom stereocenters. The van der Waals surface area contributed by atoms with E-state index in [9.17, 15) is 4.79 Å². The Balaban J connectivity index is 0.00000162. The standard InChI is InChI=1S/C12H20N4O.ClH/c1-14(2)10-8-16(9-10)12(17)5-4-11-13-6-7-15(11)3;/h6-7,10H,4-5,8-9H2,1-3H3;1H. The van der Waals surface area contributed by atoms with Gasteiger partial charge in [0, 0.05) is 51.4 Å². The number of hydrogen-bond donors (Lipinski definition) is 0. The number of carbonyl (C=O) groups is 1. The van der Waals surface area contributed by atoms with Crippen molar-refractivity contribution < 1.29 is 4.79 Å². The molecule has 1 fully saturated rings. The first kappa shape index (κ1) is 15.0. The molecule has 18 heavy (non-hydrogen) atoms. The van der Waals surface area contributed by atoms with Gasteiger partial charge in [0.1, 0.15) is 5.82 Å². The first-order chi connectivity index (χ1) is 8.08. The van der Waals surface area contributed by atoms with Gasteiger partial charge in [0.2, 0.25) is 5.91 Å². The van der Waals surface area contributed by atoms with Crippen LogP contribution in [-0.4, -0.2) is 58.5 Å². The molecule has 0 N–H and O–H groups in total. The van der Waals surface area contributed by atoms with Crippen LogP contribution in [0, 0.1) is 0 Å². The summed E-state index contributed by atoms with van der Waals surface area (Å²) in [4.78, 5) is 20.2. The summed E-state index contributed by atoms with van der Waals surface area (Å²) in [7, 11) is 6.07. The van der Waals surface area contributed by atoms with Crippen molar-refractivity contribution in [1.82, 2.24) is 19.4 Å². The molecule has 1 amide bonds. The third-order valence-corrected chi connectivity index (χ3v) is 3.43. The Kier molecular flexibility index (Phi) is 5.16. The SMILES string of the molecule is CN(C)C1CN(C(=O)CCc2nccn2C)C1.Cl. The Hall–Kier alpha value is -1.07. The number of aryl methyl sites for hydroxylation is 2. The van der Waals surface area contributed by atoms with E-state index >= 15 is 0 Å². The van der Waals surface area contributed by atoms with E-state index in [0.29, 0.717) is 12.5 Å². The highest BCUT2D eigenvalue weighted by atomic mass is 35.5. The van der Waals surface area contributed by atoms with Crippen LogP contribution >= 0.6 is 12.4 Å². The molecule has 1 aromatic heterocycles. The minimum Gasteiger partial charge on any atom is -0.339 e. The van der Waals surface area contributed by atoms with Crippen molar-refractivity contribution in [1.29, 1.82) is 0 Å². The van der Waals surface area contributed by atoms with Crippen LogP contribution in [0.25, 0.3) is 0 Å². The Morgan fingerprint density at radius 1 is 1.50 bits per heavy atom. The van der Waals surface area contributed by atoms with Crippen LogP contribution < -0.4 is 0 Å². The van der Waals surface area contributed by atoms with E-state index in [4.69, 9.17) is 0 Å². The lowest BCUT2D eigenvalue weighted by Gasteiger charge is -2.42. The van der Waals surface area contributed by atoms with Gasteiger partial charge in [-0.3, -0.25) is 4.79 Å². The molecule has 1 saturated heterocycles. The normalized spacial score (nSPS) is 15.4. The van der Waals surface area contributed by atoms with E-state index in [1.54, 1.807) is 6.20 Å². The van der Waals surface area contributed by atoms with Crippen molar-refractivity contribution >= 4 is 18.3 Å². The van der Waals surface area contributed by atoms with Crippen LogP contribution in [0.4, 0.5) is 0 Å². The summed E-state index contributed by atoms with van der Waals surface area (Å²) in [5.41, 5.74) is 0. The van der Waals surface area contributed by atoms with E-state index in [-0.39, 0.29) is 18.3 Å². The topological polar surface area (TPSA) is 41.4 Å². The molecule has 2 heterocycles. The summed E-state index contributed by atoms with van der Waals surface area (Å²) < 4.78 is 1.96. The smallest absolute Gasteiger partial charge is 0.223 e. The fourth-order valence-corrected chi connectivity index (χ4v) is 2.00. The Labute approximate surface area is 114 Å². The monoisotopic (exact) mass is 272 g/mol. The molecule has 102 valence electrons. The average molecular weight is 273 g/mol.